The molecule has 1 aliphatic carbocycles. The lowest BCUT2D eigenvalue weighted by atomic mass is 9.96. The van der Waals surface area contributed by atoms with Crippen LogP contribution in [0.25, 0.3) is 0 Å². The zero-order valence-electron chi connectivity index (χ0n) is 13.9. The van der Waals surface area contributed by atoms with Crippen LogP contribution < -0.4 is 5.32 Å². The third kappa shape index (κ3) is 3.91. The summed E-state index contributed by atoms with van der Waals surface area (Å²) in [7, 11) is 1.58. The lowest BCUT2D eigenvalue weighted by Gasteiger charge is -2.31. The number of hydrogen-bond donors (Lipinski definition) is 2. The molecule has 24 heavy (non-hydrogen) atoms. The second-order valence-electron chi connectivity index (χ2n) is 6.40. The Bertz CT molecular complexity index is 587. The molecule has 1 unspecified atom stereocenters. The van der Waals surface area contributed by atoms with E-state index in [4.69, 9.17) is 4.74 Å². The monoisotopic (exact) mass is 332 g/mol. The third-order valence-electron chi connectivity index (χ3n) is 4.82. The molecule has 2 heterocycles. The quantitative estimate of drug-likeness (QED) is 0.821. The van der Waals surface area contributed by atoms with Crippen molar-refractivity contribution in [1.82, 2.24) is 14.9 Å². The van der Waals surface area contributed by atoms with Crippen LogP contribution in [0.15, 0.2) is 30.4 Å². The Kier molecular flexibility index (Phi) is 5.42. The molecule has 7 nitrogen and oxygen atoms in total. The predicted molar refractivity (Wildman–Crippen MR) is 88.8 cm³/mol. The Morgan fingerprint density at radius 1 is 1.46 bits per heavy atom. The minimum Gasteiger partial charge on any atom is -0.500 e. The van der Waals surface area contributed by atoms with Gasteiger partial charge in [0.1, 0.15) is 12.0 Å². The van der Waals surface area contributed by atoms with Crippen molar-refractivity contribution in [3.05, 3.63) is 30.4 Å². The van der Waals surface area contributed by atoms with E-state index in [1.54, 1.807) is 24.3 Å². The van der Waals surface area contributed by atoms with Crippen molar-refractivity contribution in [3.63, 3.8) is 0 Å². The number of amides is 1. The van der Waals surface area contributed by atoms with Gasteiger partial charge in [-0.25, -0.2) is 4.98 Å². The van der Waals surface area contributed by atoms with Crippen LogP contribution in [0.2, 0.25) is 0 Å². The maximum absolute atomic E-state index is 12.8. The van der Waals surface area contributed by atoms with Gasteiger partial charge in [-0.2, -0.15) is 0 Å². The molecule has 0 aromatic carbocycles. The number of rotatable bonds is 6. The summed E-state index contributed by atoms with van der Waals surface area (Å²) in [4.78, 5) is 22.7. The van der Waals surface area contributed by atoms with E-state index in [0.29, 0.717) is 24.0 Å². The van der Waals surface area contributed by atoms with Crippen LogP contribution in [0.4, 0.5) is 5.82 Å². The summed E-state index contributed by atoms with van der Waals surface area (Å²) in [6.07, 6.45) is 10.9. The van der Waals surface area contributed by atoms with Crippen molar-refractivity contribution in [2.45, 2.75) is 44.4 Å². The number of ether oxygens (including phenoxy) is 1. The maximum atomic E-state index is 12.8. The zero-order chi connectivity index (χ0) is 16.9. The van der Waals surface area contributed by atoms with Gasteiger partial charge in [-0.3, -0.25) is 14.7 Å². The van der Waals surface area contributed by atoms with Crippen molar-refractivity contribution >= 4 is 11.7 Å². The van der Waals surface area contributed by atoms with E-state index >= 15 is 0 Å². The number of hydrogen-bond acceptors (Lipinski definition) is 6. The highest BCUT2D eigenvalue weighted by Crippen LogP contribution is 2.32. The number of carbonyl (C=O) groups excluding carboxylic acids is 1. The fourth-order valence-electron chi connectivity index (χ4n) is 3.54. The molecule has 1 amide bonds. The average molecular weight is 332 g/mol. The Hall–Kier alpha value is -1.99. The second kappa shape index (κ2) is 7.72. The first-order chi connectivity index (χ1) is 11.7. The van der Waals surface area contributed by atoms with Gasteiger partial charge in [-0.05, 0) is 18.4 Å². The molecule has 0 bridgehead atoms. The van der Waals surface area contributed by atoms with Crippen molar-refractivity contribution in [2.75, 3.05) is 19.0 Å². The van der Waals surface area contributed by atoms with Crippen LogP contribution in [0, 0.1) is 5.92 Å². The van der Waals surface area contributed by atoms with Crippen LogP contribution in [0.1, 0.15) is 32.1 Å². The molecule has 1 fully saturated rings. The van der Waals surface area contributed by atoms with Crippen molar-refractivity contribution in [3.8, 4) is 0 Å². The first-order valence-electron chi connectivity index (χ1n) is 8.42. The SMILES string of the molecule is COC1=CC(O)N([C@@H](CC2CCCC2)C(=O)Nc2cnccn2)C1. The van der Waals surface area contributed by atoms with Crippen LogP contribution in [-0.2, 0) is 9.53 Å². The molecule has 1 aromatic rings. The minimum absolute atomic E-state index is 0.160. The number of carbonyl (C=O) groups is 1. The smallest absolute Gasteiger partial charge is 0.243 e. The molecule has 1 aliphatic heterocycles. The molecule has 3 rings (SSSR count). The molecule has 0 spiro atoms. The van der Waals surface area contributed by atoms with E-state index in [9.17, 15) is 9.90 Å². The van der Waals surface area contributed by atoms with E-state index in [0.717, 1.165) is 19.3 Å². The van der Waals surface area contributed by atoms with Gasteiger partial charge < -0.3 is 15.2 Å². The summed E-state index contributed by atoms with van der Waals surface area (Å²) in [6.45, 7) is 0.433. The van der Waals surface area contributed by atoms with Gasteiger partial charge in [0.2, 0.25) is 5.91 Å². The molecule has 2 N–H and O–H groups in total. The maximum Gasteiger partial charge on any atom is 0.243 e. The van der Waals surface area contributed by atoms with Crippen molar-refractivity contribution in [2.24, 2.45) is 5.92 Å². The van der Waals surface area contributed by atoms with Crippen LogP contribution >= 0.6 is 0 Å². The molecule has 0 radical (unpaired) electrons. The van der Waals surface area contributed by atoms with Gasteiger partial charge in [0.25, 0.3) is 0 Å². The van der Waals surface area contributed by atoms with Gasteiger partial charge in [0, 0.05) is 12.4 Å². The minimum atomic E-state index is -0.807. The van der Waals surface area contributed by atoms with Gasteiger partial charge in [-0.1, -0.05) is 25.7 Å². The molecule has 0 saturated heterocycles. The van der Waals surface area contributed by atoms with E-state index < -0.39 is 12.3 Å². The fraction of sp³-hybridized carbons (Fsp3) is 0.588. The first kappa shape index (κ1) is 16.9. The second-order valence-corrected chi connectivity index (χ2v) is 6.40. The summed E-state index contributed by atoms with van der Waals surface area (Å²) in [5.74, 6) is 1.47. The van der Waals surface area contributed by atoms with Gasteiger partial charge >= 0.3 is 0 Å². The van der Waals surface area contributed by atoms with Gasteiger partial charge in [0.15, 0.2) is 5.82 Å². The van der Waals surface area contributed by atoms with Gasteiger partial charge in [-0.15, -0.1) is 0 Å². The Balaban J connectivity index is 1.73. The zero-order valence-corrected chi connectivity index (χ0v) is 13.9. The number of nitrogens with zero attached hydrogens (tertiary/aromatic N) is 3. The predicted octanol–water partition coefficient (Wildman–Crippen LogP) is 1.53. The molecule has 2 atom stereocenters. The summed E-state index contributed by atoms with van der Waals surface area (Å²) >= 11 is 0. The largest absolute Gasteiger partial charge is 0.500 e. The lowest BCUT2D eigenvalue weighted by molar-refractivity contribution is -0.125. The number of methoxy groups -OCH3 is 1. The Labute approximate surface area is 141 Å². The molecule has 1 aromatic heterocycles. The van der Waals surface area contributed by atoms with Gasteiger partial charge in [0.05, 0.1) is 25.9 Å². The van der Waals surface area contributed by atoms with Crippen molar-refractivity contribution in [1.29, 1.82) is 0 Å². The standard InChI is InChI=1S/C17H24N4O3/c1-24-13-9-16(22)21(11-13)14(8-12-4-2-3-5-12)17(23)20-15-10-18-6-7-19-15/h6-7,9-10,12,14,16,22H,2-5,8,11H2,1H3,(H,19,20,23)/t14-,16?/m0/s1. The number of aliphatic hydroxyl groups excluding tert-OH is 1. The Morgan fingerprint density at radius 3 is 2.88 bits per heavy atom. The molecule has 1 saturated carbocycles. The van der Waals surface area contributed by atoms with E-state index in [1.807, 2.05) is 0 Å². The number of anilines is 1. The molecular weight excluding hydrogens is 308 g/mol. The Morgan fingerprint density at radius 2 is 2.25 bits per heavy atom. The molecule has 130 valence electrons. The van der Waals surface area contributed by atoms with Crippen molar-refractivity contribution < 1.29 is 14.6 Å². The molecule has 7 heteroatoms. The molecule has 2 aliphatic rings. The summed E-state index contributed by atoms with van der Waals surface area (Å²) < 4.78 is 5.24. The lowest BCUT2D eigenvalue weighted by Crippen LogP contribution is -2.48. The number of aliphatic hydroxyl groups is 1. The van der Waals surface area contributed by atoms with Crippen LogP contribution in [0.3, 0.4) is 0 Å². The summed E-state index contributed by atoms with van der Waals surface area (Å²) in [6, 6.07) is -0.422. The summed E-state index contributed by atoms with van der Waals surface area (Å²) in [5, 5.41) is 13.1. The number of nitrogens with one attached hydrogen (secondary N) is 1. The fourth-order valence-corrected chi connectivity index (χ4v) is 3.54. The molecular formula is C17H24N4O3. The third-order valence-corrected chi connectivity index (χ3v) is 4.82. The topological polar surface area (TPSA) is 87.6 Å². The highest BCUT2D eigenvalue weighted by molar-refractivity contribution is 5.94. The highest BCUT2D eigenvalue weighted by Gasteiger charge is 2.36. The van der Waals surface area contributed by atoms with E-state index in [-0.39, 0.29) is 5.91 Å². The van der Waals surface area contributed by atoms with E-state index in [1.165, 1.54) is 25.2 Å². The first-order valence-corrected chi connectivity index (χ1v) is 8.42. The normalized spacial score (nSPS) is 23.1. The van der Waals surface area contributed by atoms with Crippen LogP contribution in [-0.4, -0.2) is 51.8 Å². The summed E-state index contributed by atoms with van der Waals surface area (Å²) in [5.41, 5.74) is 0. The van der Waals surface area contributed by atoms with E-state index in [2.05, 4.69) is 15.3 Å². The average Bonchev–Trinajstić information content (AvgIpc) is 3.23. The number of aromatic nitrogens is 2. The highest BCUT2D eigenvalue weighted by atomic mass is 16.5. The van der Waals surface area contributed by atoms with Crippen LogP contribution in [0.5, 0.6) is 0 Å².